The smallest absolute Gasteiger partial charge is 0.131 e. The van der Waals surface area contributed by atoms with Crippen LogP contribution in [0.25, 0.3) is 16.3 Å². The lowest BCUT2D eigenvalue weighted by Gasteiger charge is -1.81. The van der Waals surface area contributed by atoms with Gasteiger partial charge in [-0.1, -0.05) is 6.07 Å². The molecule has 2 rings (SSSR count). The Balaban J connectivity index is 2.52. The van der Waals surface area contributed by atoms with Gasteiger partial charge in [-0.05, 0) is 18.2 Å². The van der Waals surface area contributed by atoms with E-state index < -0.39 is 0 Å². The third-order valence-corrected chi connectivity index (χ3v) is 2.85. The molecule has 0 amide bonds. The molecule has 0 spiro atoms. The van der Waals surface area contributed by atoms with E-state index in [0.717, 1.165) is 15.1 Å². The van der Waals surface area contributed by atoms with Gasteiger partial charge in [-0.25, -0.2) is 4.98 Å². The fourth-order valence-corrected chi connectivity index (χ4v) is 2.14. The standard InChI is InChI=1S/C11H5N3S/c12-6-8(7-13)4-10-5-9-2-1-3-14-11(9)15-10/h1-5H. The van der Waals surface area contributed by atoms with Crippen molar-refractivity contribution >= 4 is 27.6 Å². The lowest BCUT2D eigenvalue weighted by Crippen LogP contribution is -1.68. The first-order chi connectivity index (χ1) is 7.33. The van der Waals surface area contributed by atoms with E-state index >= 15 is 0 Å². The number of aromatic nitrogens is 1. The molecule has 0 unspecified atom stereocenters. The molecule has 0 aromatic carbocycles. The molecule has 0 aliphatic carbocycles. The van der Waals surface area contributed by atoms with Crippen LogP contribution in [-0.4, -0.2) is 4.98 Å². The van der Waals surface area contributed by atoms with E-state index in [-0.39, 0.29) is 5.57 Å². The Hall–Kier alpha value is -2.17. The van der Waals surface area contributed by atoms with E-state index in [0.29, 0.717) is 0 Å². The summed E-state index contributed by atoms with van der Waals surface area (Å²) in [6.45, 7) is 0. The molecule has 4 heteroatoms. The van der Waals surface area contributed by atoms with Crippen LogP contribution in [0.4, 0.5) is 0 Å². The Kier molecular flexibility index (Phi) is 2.45. The third kappa shape index (κ3) is 1.85. The zero-order valence-corrected chi connectivity index (χ0v) is 8.45. The first-order valence-electron chi connectivity index (χ1n) is 4.20. The zero-order valence-electron chi connectivity index (χ0n) is 7.64. The Morgan fingerprint density at radius 3 is 2.87 bits per heavy atom. The second-order valence-corrected chi connectivity index (χ2v) is 3.89. The van der Waals surface area contributed by atoms with Gasteiger partial charge in [0, 0.05) is 16.5 Å². The zero-order chi connectivity index (χ0) is 10.7. The Morgan fingerprint density at radius 1 is 1.40 bits per heavy atom. The summed E-state index contributed by atoms with van der Waals surface area (Å²) < 4.78 is 0. The number of pyridine rings is 1. The van der Waals surface area contributed by atoms with Crippen molar-refractivity contribution in [2.75, 3.05) is 0 Å². The van der Waals surface area contributed by atoms with Crippen LogP contribution in [0.5, 0.6) is 0 Å². The number of hydrogen-bond acceptors (Lipinski definition) is 4. The second kappa shape index (κ2) is 3.91. The molecular weight excluding hydrogens is 206 g/mol. The normalized spacial score (nSPS) is 9.20. The first kappa shape index (κ1) is 9.39. The van der Waals surface area contributed by atoms with Crippen molar-refractivity contribution in [2.24, 2.45) is 0 Å². The van der Waals surface area contributed by atoms with Gasteiger partial charge in [-0.3, -0.25) is 0 Å². The van der Waals surface area contributed by atoms with Crippen LogP contribution in [0, 0.1) is 22.7 Å². The lowest BCUT2D eigenvalue weighted by atomic mass is 10.2. The molecule has 2 heterocycles. The molecule has 0 atom stereocenters. The van der Waals surface area contributed by atoms with E-state index in [4.69, 9.17) is 10.5 Å². The summed E-state index contributed by atoms with van der Waals surface area (Å²) in [6.07, 6.45) is 3.30. The van der Waals surface area contributed by atoms with Crippen molar-refractivity contribution in [1.29, 1.82) is 10.5 Å². The second-order valence-electron chi connectivity index (χ2n) is 2.83. The fraction of sp³-hybridized carbons (Fsp3) is 0. The Morgan fingerprint density at radius 2 is 2.20 bits per heavy atom. The van der Waals surface area contributed by atoms with E-state index in [1.165, 1.54) is 11.3 Å². The van der Waals surface area contributed by atoms with Gasteiger partial charge in [0.25, 0.3) is 0 Å². The van der Waals surface area contributed by atoms with Gasteiger partial charge < -0.3 is 0 Å². The monoisotopic (exact) mass is 211 g/mol. The Labute approximate surface area is 90.5 Å². The highest BCUT2D eigenvalue weighted by atomic mass is 32.1. The van der Waals surface area contributed by atoms with E-state index in [9.17, 15) is 0 Å². The van der Waals surface area contributed by atoms with Crippen LogP contribution >= 0.6 is 11.3 Å². The van der Waals surface area contributed by atoms with Gasteiger partial charge in [0.05, 0.1) is 0 Å². The largest absolute Gasteiger partial charge is 0.245 e. The molecule has 2 aromatic rings. The maximum atomic E-state index is 8.61. The number of nitriles is 2. The average molecular weight is 211 g/mol. The number of hydrogen-bond donors (Lipinski definition) is 0. The van der Waals surface area contributed by atoms with Crippen LogP contribution < -0.4 is 0 Å². The summed E-state index contributed by atoms with van der Waals surface area (Å²) in [5.41, 5.74) is 0.113. The molecular formula is C11H5N3S. The molecule has 2 aromatic heterocycles. The highest BCUT2D eigenvalue weighted by Gasteiger charge is 2.01. The van der Waals surface area contributed by atoms with Gasteiger partial charge >= 0.3 is 0 Å². The van der Waals surface area contributed by atoms with Gasteiger partial charge in [0.15, 0.2) is 0 Å². The van der Waals surface area contributed by atoms with Crippen molar-refractivity contribution in [3.63, 3.8) is 0 Å². The minimum atomic E-state index is 0.113. The van der Waals surface area contributed by atoms with Crippen LogP contribution in [-0.2, 0) is 0 Å². The van der Waals surface area contributed by atoms with Gasteiger partial charge in [-0.2, -0.15) is 10.5 Å². The molecule has 70 valence electrons. The lowest BCUT2D eigenvalue weighted by molar-refractivity contribution is 1.45. The van der Waals surface area contributed by atoms with Crippen LogP contribution in [0.1, 0.15) is 4.88 Å². The highest BCUT2D eigenvalue weighted by molar-refractivity contribution is 7.19. The maximum Gasteiger partial charge on any atom is 0.131 e. The number of thiophene rings is 1. The van der Waals surface area contributed by atoms with Crippen molar-refractivity contribution in [1.82, 2.24) is 4.98 Å². The quantitative estimate of drug-likeness (QED) is 0.681. The van der Waals surface area contributed by atoms with Crippen molar-refractivity contribution in [3.8, 4) is 12.1 Å². The highest BCUT2D eigenvalue weighted by Crippen LogP contribution is 2.24. The molecule has 0 bridgehead atoms. The molecule has 0 saturated carbocycles. The van der Waals surface area contributed by atoms with Gasteiger partial charge in [0.2, 0.25) is 0 Å². The molecule has 0 N–H and O–H groups in total. The first-order valence-corrected chi connectivity index (χ1v) is 5.01. The molecule has 0 aliphatic rings. The number of rotatable bonds is 1. The average Bonchev–Trinajstić information content (AvgIpc) is 2.68. The van der Waals surface area contributed by atoms with Crippen LogP contribution in [0.3, 0.4) is 0 Å². The molecule has 15 heavy (non-hydrogen) atoms. The van der Waals surface area contributed by atoms with E-state index in [2.05, 4.69) is 4.98 Å². The SMILES string of the molecule is N#CC(C#N)=Cc1cc2cccnc2s1. The summed E-state index contributed by atoms with van der Waals surface area (Å²) in [6, 6.07) is 9.39. The van der Waals surface area contributed by atoms with Crippen molar-refractivity contribution in [3.05, 3.63) is 34.8 Å². The van der Waals surface area contributed by atoms with Crippen molar-refractivity contribution < 1.29 is 0 Å². The minimum Gasteiger partial charge on any atom is -0.245 e. The van der Waals surface area contributed by atoms with Gasteiger partial charge in [-0.15, -0.1) is 11.3 Å². The van der Waals surface area contributed by atoms with Crippen molar-refractivity contribution in [2.45, 2.75) is 0 Å². The summed E-state index contributed by atoms with van der Waals surface area (Å²) in [5, 5.41) is 18.3. The summed E-state index contributed by atoms with van der Waals surface area (Å²) in [4.78, 5) is 5.98. The predicted octanol–water partition coefficient (Wildman–Crippen LogP) is 2.73. The topological polar surface area (TPSA) is 60.5 Å². The van der Waals surface area contributed by atoms with Crippen LogP contribution in [0.2, 0.25) is 0 Å². The summed E-state index contributed by atoms with van der Waals surface area (Å²) in [5.74, 6) is 0. The predicted molar refractivity (Wildman–Crippen MR) is 58.8 cm³/mol. The Bertz CT molecular complexity index is 562. The van der Waals surface area contributed by atoms with Gasteiger partial charge in [0.1, 0.15) is 22.5 Å². The number of fused-ring (bicyclic) bond motifs is 1. The fourth-order valence-electron chi connectivity index (χ4n) is 1.20. The van der Waals surface area contributed by atoms with E-state index in [1.807, 2.05) is 30.3 Å². The maximum absolute atomic E-state index is 8.61. The molecule has 0 aliphatic heterocycles. The summed E-state index contributed by atoms with van der Waals surface area (Å²) >= 11 is 1.47. The molecule has 0 saturated heterocycles. The number of allylic oxidation sites excluding steroid dienone is 1. The summed E-state index contributed by atoms with van der Waals surface area (Å²) in [7, 11) is 0. The number of nitrogens with zero attached hydrogens (tertiary/aromatic N) is 3. The third-order valence-electron chi connectivity index (χ3n) is 1.84. The van der Waals surface area contributed by atoms with E-state index in [1.54, 1.807) is 12.3 Å². The minimum absolute atomic E-state index is 0.113. The van der Waals surface area contributed by atoms with Crippen LogP contribution in [0.15, 0.2) is 30.0 Å². The molecule has 0 radical (unpaired) electrons. The molecule has 0 fully saturated rings. The molecule has 3 nitrogen and oxygen atoms in total.